The van der Waals surface area contributed by atoms with E-state index in [0.29, 0.717) is 12.0 Å². The summed E-state index contributed by atoms with van der Waals surface area (Å²) in [6.07, 6.45) is -2.15. The number of H-pyrrole nitrogens is 1. The van der Waals surface area contributed by atoms with Crippen molar-refractivity contribution in [3.63, 3.8) is 0 Å². The Bertz CT molecular complexity index is 1180. The zero-order valence-corrected chi connectivity index (χ0v) is 18.6. The number of carbonyl (C=O) groups is 1. The Labute approximate surface area is 190 Å². The second kappa shape index (κ2) is 8.67. The minimum atomic E-state index is -4.46. The fraction of sp³-hybridized carbons (Fsp3) is 0.360. The van der Waals surface area contributed by atoms with Crippen LogP contribution in [-0.4, -0.2) is 47.3 Å². The van der Waals surface area contributed by atoms with Crippen molar-refractivity contribution in [3.05, 3.63) is 71.4 Å². The highest BCUT2D eigenvalue weighted by Gasteiger charge is 2.66. The first-order chi connectivity index (χ1) is 15.6. The fourth-order valence-electron chi connectivity index (χ4n) is 4.53. The van der Waals surface area contributed by atoms with Gasteiger partial charge < -0.3 is 10.6 Å². The van der Waals surface area contributed by atoms with Crippen molar-refractivity contribution >= 4 is 22.4 Å². The number of halogens is 3. The molecule has 0 spiro atoms. The normalized spacial score (nSPS) is 17.2. The number of hydrogen-bond donors (Lipinski definition) is 2. The number of fused-ring (bicyclic) bond motifs is 1. The van der Waals surface area contributed by atoms with Crippen LogP contribution in [0.4, 0.5) is 13.2 Å². The van der Waals surface area contributed by atoms with Gasteiger partial charge in [-0.1, -0.05) is 36.4 Å². The van der Waals surface area contributed by atoms with Crippen LogP contribution in [0.5, 0.6) is 0 Å². The van der Waals surface area contributed by atoms with Crippen LogP contribution in [0.15, 0.2) is 60.3 Å². The molecule has 1 amide bonds. The Hall–Kier alpha value is -3.13. The van der Waals surface area contributed by atoms with Crippen LogP contribution in [-0.2, 0) is 11.2 Å². The molecular weight excluding hydrogens is 429 g/mol. The molecule has 1 saturated carbocycles. The monoisotopic (exact) mass is 456 g/mol. The highest BCUT2D eigenvalue weighted by atomic mass is 19.4. The lowest BCUT2D eigenvalue weighted by molar-refractivity contribution is -0.168. The van der Waals surface area contributed by atoms with E-state index in [9.17, 15) is 18.0 Å². The summed E-state index contributed by atoms with van der Waals surface area (Å²) >= 11 is 0. The van der Waals surface area contributed by atoms with Gasteiger partial charge in [-0.3, -0.25) is 9.89 Å². The third-order valence-corrected chi connectivity index (χ3v) is 6.58. The molecule has 1 aliphatic rings. The second-order valence-corrected chi connectivity index (χ2v) is 8.98. The Morgan fingerprint density at radius 3 is 2.45 bits per heavy atom. The van der Waals surface area contributed by atoms with Crippen LogP contribution < -0.4 is 5.73 Å². The number of alkyl halides is 3. The quantitative estimate of drug-likeness (QED) is 0.482. The van der Waals surface area contributed by atoms with Crippen LogP contribution in [0.25, 0.3) is 16.5 Å². The van der Waals surface area contributed by atoms with E-state index in [4.69, 9.17) is 5.73 Å². The largest absolute Gasteiger partial charge is 0.398 e. The zero-order valence-electron chi connectivity index (χ0n) is 18.6. The van der Waals surface area contributed by atoms with E-state index < -0.39 is 17.5 Å². The zero-order chi connectivity index (χ0) is 23.8. The number of amides is 1. The summed E-state index contributed by atoms with van der Waals surface area (Å²) in [6, 6.07) is 14.0. The van der Waals surface area contributed by atoms with Gasteiger partial charge in [0, 0.05) is 17.0 Å². The summed E-state index contributed by atoms with van der Waals surface area (Å²) in [7, 11) is 3.72. The number of aromatic nitrogens is 2. The van der Waals surface area contributed by atoms with Crippen molar-refractivity contribution < 1.29 is 18.0 Å². The van der Waals surface area contributed by atoms with Crippen molar-refractivity contribution in [2.24, 2.45) is 11.1 Å². The Balaban J connectivity index is 1.77. The SMILES string of the molecule is CN(C)[C@H](CC(C(N)=O)=C(c1ccccc1)C1(C(F)(F)F)CC1)Cc1ccc2[nH]ncc2c1. The van der Waals surface area contributed by atoms with E-state index >= 15 is 0 Å². The van der Waals surface area contributed by atoms with Gasteiger partial charge in [-0.2, -0.15) is 18.3 Å². The van der Waals surface area contributed by atoms with E-state index in [0.717, 1.165) is 16.5 Å². The Kier molecular flexibility index (Phi) is 6.05. The van der Waals surface area contributed by atoms with Crippen molar-refractivity contribution in [1.29, 1.82) is 0 Å². The topological polar surface area (TPSA) is 75.0 Å². The number of hydrogen-bond acceptors (Lipinski definition) is 3. The van der Waals surface area contributed by atoms with Crippen molar-refractivity contribution in [2.45, 2.75) is 37.9 Å². The molecule has 0 aliphatic heterocycles. The molecule has 0 radical (unpaired) electrons. The number of carbonyl (C=O) groups excluding carboxylic acids is 1. The number of likely N-dealkylation sites (N-methyl/N-ethyl adjacent to an activating group) is 1. The van der Waals surface area contributed by atoms with Gasteiger partial charge in [0.2, 0.25) is 5.91 Å². The number of aromatic amines is 1. The van der Waals surface area contributed by atoms with Gasteiger partial charge in [-0.15, -0.1) is 0 Å². The average Bonchev–Trinajstić information content (AvgIpc) is 3.44. The molecule has 2 aromatic carbocycles. The van der Waals surface area contributed by atoms with Crippen LogP contribution in [0.3, 0.4) is 0 Å². The van der Waals surface area contributed by atoms with Gasteiger partial charge in [0.05, 0.1) is 17.1 Å². The number of nitrogens with one attached hydrogen (secondary N) is 1. The third-order valence-electron chi connectivity index (χ3n) is 6.58. The molecule has 1 aliphatic carbocycles. The maximum atomic E-state index is 14.2. The number of nitrogens with two attached hydrogens (primary N) is 1. The van der Waals surface area contributed by atoms with Gasteiger partial charge in [0.1, 0.15) is 0 Å². The molecular formula is C25H27F3N4O. The highest BCUT2D eigenvalue weighted by molar-refractivity contribution is 6.02. The van der Waals surface area contributed by atoms with E-state index in [1.54, 1.807) is 36.5 Å². The summed E-state index contributed by atoms with van der Waals surface area (Å²) < 4.78 is 42.6. The molecule has 1 heterocycles. The minimum absolute atomic E-state index is 0.0280. The van der Waals surface area contributed by atoms with Crippen molar-refractivity contribution in [2.75, 3.05) is 14.1 Å². The maximum absolute atomic E-state index is 14.2. The molecule has 8 heteroatoms. The number of allylic oxidation sites excluding steroid dienone is 1. The average molecular weight is 457 g/mol. The van der Waals surface area contributed by atoms with Gasteiger partial charge in [0.25, 0.3) is 0 Å². The van der Waals surface area contributed by atoms with E-state index in [1.165, 1.54) is 0 Å². The Morgan fingerprint density at radius 2 is 1.88 bits per heavy atom. The van der Waals surface area contributed by atoms with Gasteiger partial charge >= 0.3 is 6.18 Å². The Morgan fingerprint density at radius 1 is 1.18 bits per heavy atom. The second-order valence-electron chi connectivity index (χ2n) is 8.98. The number of primary amides is 1. The van der Waals surface area contributed by atoms with Crippen LogP contribution in [0.1, 0.15) is 30.4 Å². The lowest BCUT2D eigenvalue weighted by Gasteiger charge is -2.29. The molecule has 1 aromatic heterocycles. The van der Waals surface area contributed by atoms with E-state index in [1.807, 2.05) is 37.2 Å². The van der Waals surface area contributed by atoms with Crippen molar-refractivity contribution in [3.8, 4) is 0 Å². The van der Waals surface area contributed by atoms with Crippen LogP contribution in [0, 0.1) is 5.41 Å². The number of benzene rings is 2. The molecule has 4 rings (SSSR count). The predicted molar refractivity (Wildman–Crippen MR) is 122 cm³/mol. The summed E-state index contributed by atoms with van der Waals surface area (Å²) in [5.74, 6) is -0.804. The molecule has 1 fully saturated rings. The molecule has 0 saturated heterocycles. The molecule has 1 atom stereocenters. The standard InChI is InChI=1S/C25H27F3N4O/c1-32(2)19(13-16-8-9-21-18(12-16)15-30-31-21)14-20(23(29)33)22(17-6-4-3-5-7-17)24(10-11-24)25(26,27)28/h3-9,12,15,19H,10-11,13-14H2,1-2H3,(H2,29,33)(H,30,31)/t19-/m0/s1. The molecule has 33 heavy (non-hydrogen) atoms. The van der Waals surface area contributed by atoms with Crippen LogP contribution >= 0.6 is 0 Å². The van der Waals surface area contributed by atoms with Gasteiger partial charge in [-0.05, 0) is 68.6 Å². The molecule has 174 valence electrons. The summed E-state index contributed by atoms with van der Waals surface area (Å²) in [5, 5.41) is 7.89. The summed E-state index contributed by atoms with van der Waals surface area (Å²) in [4.78, 5) is 14.6. The lowest BCUT2D eigenvalue weighted by atomic mass is 9.82. The molecule has 3 N–H and O–H groups in total. The first kappa shape index (κ1) is 23.0. The molecule has 3 aromatic rings. The van der Waals surface area contributed by atoms with Gasteiger partial charge in [0.15, 0.2) is 0 Å². The lowest BCUT2D eigenvalue weighted by Crippen LogP contribution is -2.35. The predicted octanol–water partition coefficient (Wildman–Crippen LogP) is 4.71. The minimum Gasteiger partial charge on any atom is -0.366 e. The first-order valence-electron chi connectivity index (χ1n) is 10.9. The third kappa shape index (κ3) is 4.53. The molecule has 0 bridgehead atoms. The highest BCUT2D eigenvalue weighted by Crippen LogP contribution is 2.65. The molecule has 5 nitrogen and oxygen atoms in total. The molecule has 0 unspecified atom stereocenters. The smallest absolute Gasteiger partial charge is 0.366 e. The number of nitrogens with zero attached hydrogens (tertiary/aromatic N) is 2. The van der Waals surface area contributed by atoms with Crippen molar-refractivity contribution in [1.82, 2.24) is 15.1 Å². The number of rotatable bonds is 8. The van der Waals surface area contributed by atoms with Gasteiger partial charge in [-0.25, -0.2) is 0 Å². The first-order valence-corrected chi connectivity index (χ1v) is 10.9. The summed E-state index contributed by atoms with van der Waals surface area (Å²) in [5.41, 5.74) is 6.12. The van der Waals surface area contributed by atoms with E-state index in [2.05, 4.69) is 10.2 Å². The maximum Gasteiger partial charge on any atom is 0.398 e. The fourth-order valence-corrected chi connectivity index (χ4v) is 4.53. The van der Waals surface area contributed by atoms with Crippen LogP contribution in [0.2, 0.25) is 0 Å². The summed E-state index contributed by atoms with van der Waals surface area (Å²) in [6.45, 7) is 0. The van der Waals surface area contributed by atoms with E-state index in [-0.39, 0.29) is 36.5 Å².